The maximum Gasteiger partial charge on any atom is 0.336 e. The summed E-state index contributed by atoms with van der Waals surface area (Å²) in [5.74, 6) is -4.43. The Balaban J connectivity index is 1.89. The van der Waals surface area contributed by atoms with Gasteiger partial charge in [0.1, 0.15) is 0 Å². The largest absolute Gasteiger partial charge is 0.478 e. The Hall–Kier alpha value is -4.46. The van der Waals surface area contributed by atoms with Crippen LogP contribution in [-0.4, -0.2) is 34.0 Å². The van der Waals surface area contributed by atoms with Crippen molar-refractivity contribution < 1.29 is 29.4 Å². The van der Waals surface area contributed by atoms with Crippen LogP contribution in [-0.2, 0) is 13.1 Å². The molecule has 4 N–H and O–H groups in total. The first-order valence-electron chi connectivity index (χ1n) is 9.65. The Bertz CT molecular complexity index is 1070. The van der Waals surface area contributed by atoms with Gasteiger partial charge in [0, 0.05) is 13.1 Å². The van der Waals surface area contributed by atoms with E-state index in [1.54, 1.807) is 48.5 Å². The van der Waals surface area contributed by atoms with Crippen LogP contribution in [0.1, 0.15) is 52.6 Å². The molecule has 0 spiro atoms. The Morgan fingerprint density at radius 1 is 0.562 bits per heavy atom. The van der Waals surface area contributed by atoms with Gasteiger partial charge in [-0.25, -0.2) is 9.59 Å². The maximum atomic E-state index is 12.6. The zero-order valence-electron chi connectivity index (χ0n) is 16.9. The van der Waals surface area contributed by atoms with Crippen LogP contribution in [0.5, 0.6) is 0 Å². The molecular formula is C24H20N2O6. The van der Waals surface area contributed by atoms with Crippen molar-refractivity contribution in [1.82, 2.24) is 10.6 Å². The number of amides is 2. The Labute approximate surface area is 183 Å². The predicted octanol–water partition coefficient (Wildman–Crippen LogP) is 2.94. The van der Waals surface area contributed by atoms with E-state index in [2.05, 4.69) is 10.6 Å². The topological polar surface area (TPSA) is 133 Å². The van der Waals surface area contributed by atoms with E-state index in [0.29, 0.717) is 0 Å². The summed E-state index contributed by atoms with van der Waals surface area (Å²) >= 11 is 0. The van der Waals surface area contributed by atoms with Crippen LogP contribution in [0.25, 0.3) is 0 Å². The lowest BCUT2D eigenvalue weighted by molar-refractivity contribution is 0.0675. The third kappa shape index (κ3) is 5.37. The van der Waals surface area contributed by atoms with Gasteiger partial charge < -0.3 is 20.8 Å². The zero-order chi connectivity index (χ0) is 23.1. The van der Waals surface area contributed by atoms with Gasteiger partial charge in [0.05, 0.1) is 22.3 Å². The first-order chi connectivity index (χ1) is 15.4. The number of carbonyl (C=O) groups excluding carboxylic acids is 2. The molecule has 0 bridgehead atoms. The lowest BCUT2D eigenvalue weighted by Crippen LogP contribution is -2.28. The third-order valence-electron chi connectivity index (χ3n) is 4.70. The first kappa shape index (κ1) is 22.2. The molecule has 0 radical (unpaired) electrons. The predicted molar refractivity (Wildman–Crippen MR) is 116 cm³/mol. The van der Waals surface area contributed by atoms with Gasteiger partial charge >= 0.3 is 11.9 Å². The number of hydrogen-bond acceptors (Lipinski definition) is 4. The van der Waals surface area contributed by atoms with Gasteiger partial charge in [-0.1, -0.05) is 60.7 Å². The zero-order valence-corrected chi connectivity index (χ0v) is 16.9. The van der Waals surface area contributed by atoms with Gasteiger partial charge in [-0.2, -0.15) is 0 Å². The Morgan fingerprint density at radius 2 is 0.906 bits per heavy atom. The number of carboxylic acids is 2. The number of benzene rings is 3. The van der Waals surface area contributed by atoms with E-state index in [4.69, 9.17) is 0 Å². The third-order valence-corrected chi connectivity index (χ3v) is 4.70. The summed E-state index contributed by atoms with van der Waals surface area (Å²) in [6.45, 7) is 0.251. The van der Waals surface area contributed by atoms with Crippen molar-refractivity contribution in [3.8, 4) is 0 Å². The quantitative estimate of drug-likeness (QED) is 0.433. The fourth-order valence-corrected chi connectivity index (χ4v) is 3.08. The minimum absolute atomic E-state index is 0.125. The average molecular weight is 432 g/mol. The number of carboxylic acid groups (broad SMARTS) is 2. The lowest BCUT2D eigenvalue weighted by atomic mass is 9.96. The van der Waals surface area contributed by atoms with Gasteiger partial charge in [0.2, 0.25) is 0 Å². The molecule has 0 saturated carbocycles. The molecule has 0 atom stereocenters. The molecule has 0 unspecified atom stereocenters. The summed E-state index contributed by atoms with van der Waals surface area (Å²) in [4.78, 5) is 48.8. The van der Waals surface area contributed by atoms with E-state index in [1.165, 1.54) is 0 Å². The summed E-state index contributed by atoms with van der Waals surface area (Å²) in [5.41, 5.74) is -0.0482. The van der Waals surface area contributed by atoms with Gasteiger partial charge in [0.25, 0.3) is 11.8 Å². The molecule has 3 aromatic rings. The van der Waals surface area contributed by atoms with E-state index < -0.39 is 34.9 Å². The molecule has 2 amide bonds. The molecule has 32 heavy (non-hydrogen) atoms. The number of nitrogens with one attached hydrogen (secondary N) is 2. The second kappa shape index (κ2) is 10.0. The van der Waals surface area contributed by atoms with Crippen LogP contribution >= 0.6 is 0 Å². The van der Waals surface area contributed by atoms with Gasteiger partial charge in [-0.15, -0.1) is 0 Å². The van der Waals surface area contributed by atoms with E-state index >= 15 is 0 Å². The molecule has 3 rings (SSSR count). The molecule has 0 fully saturated rings. The molecule has 162 valence electrons. The minimum atomic E-state index is -1.45. The molecule has 0 aliphatic heterocycles. The van der Waals surface area contributed by atoms with Crippen LogP contribution < -0.4 is 10.6 Å². The van der Waals surface area contributed by atoms with Crippen LogP contribution in [0.3, 0.4) is 0 Å². The minimum Gasteiger partial charge on any atom is -0.478 e. The van der Waals surface area contributed by atoms with Crippen molar-refractivity contribution in [2.45, 2.75) is 13.1 Å². The van der Waals surface area contributed by atoms with Crippen molar-refractivity contribution in [1.29, 1.82) is 0 Å². The monoisotopic (exact) mass is 432 g/mol. The normalized spacial score (nSPS) is 10.2. The van der Waals surface area contributed by atoms with Crippen LogP contribution in [0, 0.1) is 0 Å². The second-order valence-corrected chi connectivity index (χ2v) is 6.89. The van der Waals surface area contributed by atoms with E-state index in [-0.39, 0.29) is 24.2 Å². The fraction of sp³-hybridized carbons (Fsp3) is 0.0833. The highest BCUT2D eigenvalue weighted by molar-refractivity contribution is 6.11. The highest BCUT2D eigenvalue weighted by Gasteiger charge is 2.25. The average Bonchev–Trinajstić information content (AvgIpc) is 2.81. The fourth-order valence-electron chi connectivity index (χ4n) is 3.08. The summed E-state index contributed by atoms with van der Waals surface area (Å²) in [7, 11) is 0. The van der Waals surface area contributed by atoms with E-state index in [9.17, 15) is 29.4 Å². The molecule has 0 aromatic heterocycles. The molecule has 0 aliphatic carbocycles. The van der Waals surface area contributed by atoms with E-state index in [1.807, 2.05) is 12.1 Å². The SMILES string of the molecule is O=C(O)c1cc(C(=O)NCc2ccccc2)c(C(=O)O)cc1C(=O)NCc1ccccc1. The van der Waals surface area contributed by atoms with Gasteiger partial charge in [0.15, 0.2) is 0 Å². The van der Waals surface area contributed by atoms with Crippen molar-refractivity contribution in [3.63, 3.8) is 0 Å². The summed E-state index contributed by atoms with van der Waals surface area (Å²) in [6, 6.07) is 19.7. The highest BCUT2D eigenvalue weighted by Crippen LogP contribution is 2.19. The molecule has 0 saturated heterocycles. The van der Waals surface area contributed by atoms with Crippen molar-refractivity contribution in [3.05, 3.63) is 106 Å². The highest BCUT2D eigenvalue weighted by atomic mass is 16.4. The van der Waals surface area contributed by atoms with Crippen LogP contribution in [0.4, 0.5) is 0 Å². The standard InChI is InChI=1S/C24H20N2O6/c27-21(25-13-15-7-3-1-4-8-15)17-11-20(24(31)32)18(12-19(17)23(29)30)22(28)26-14-16-9-5-2-6-10-16/h1-12H,13-14H2,(H,25,27)(H,26,28)(H,29,30)(H,31,32). The number of carbonyl (C=O) groups is 4. The van der Waals surface area contributed by atoms with Crippen molar-refractivity contribution >= 4 is 23.8 Å². The molecule has 8 nitrogen and oxygen atoms in total. The van der Waals surface area contributed by atoms with Crippen molar-refractivity contribution in [2.75, 3.05) is 0 Å². The summed E-state index contributed by atoms with van der Waals surface area (Å²) in [5, 5.41) is 24.3. The van der Waals surface area contributed by atoms with Crippen LogP contribution in [0.2, 0.25) is 0 Å². The van der Waals surface area contributed by atoms with Gasteiger partial charge in [-0.3, -0.25) is 9.59 Å². The number of aromatic carboxylic acids is 2. The Morgan fingerprint density at radius 3 is 1.22 bits per heavy atom. The van der Waals surface area contributed by atoms with E-state index in [0.717, 1.165) is 23.3 Å². The smallest absolute Gasteiger partial charge is 0.336 e. The molecule has 0 aliphatic rings. The Kier molecular flexibility index (Phi) is 6.97. The molecule has 0 heterocycles. The first-order valence-corrected chi connectivity index (χ1v) is 9.65. The second-order valence-electron chi connectivity index (χ2n) is 6.89. The molecule has 3 aromatic carbocycles. The summed E-state index contributed by atoms with van der Waals surface area (Å²) in [6.07, 6.45) is 0. The maximum absolute atomic E-state index is 12.6. The molecular weight excluding hydrogens is 412 g/mol. The van der Waals surface area contributed by atoms with Gasteiger partial charge in [-0.05, 0) is 23.3 Å². The lowest BCUT2D eigenvalue weighted by Gasteiger charge is -2.13. The molecule has 8 heteroatoms. The van der Waals surface area contributed by atoms with Crippen LogP contribution in [0.15, 0.2) is 72.8 Å². The number of rotatable bonds is 8. The summed E-state index contributed by atoms with van der Waals surface area (Å²) < 4.78 is 0. The number of hydrogen-bond donors (Lipinski definition) is 4. The van der Waals surface area contributed by atoms with Crippen molar-refractivity contribution in [2.24, 2.45) is 0 Å².